The van der Waals surface area contributed by atoms with Gasteiger partial charge in [-0.2, -0.15) is 5.26 Å². The monoisotopic (exact) mass is 423 g/mol. The van der Waals surface area contributed by atoms with Crippen molar-refractivity contribution >= 4 is 34.8 Å². The molecule has 150 valence electrons. The molecule has 0 unspecified atom stereocenters. The van der Waals surface area contributed by atoms with Crippen LogP contribution in [0.5, 0.6) is 5.75 Å². The zero-order valence-corrected chi connectivity index (χ0v) is 16.2. The van der Waals surface area contributed by atoms with Crippen LogP contribution < -0.4 is 15.4 Å². The van der Waals surface area contributed by atoms with E-state index in [-0.39, 0.29) is 23.4 Å². The number of nitrogens with zero attached hydrogens (tertiary/aromatic N) is 1. The number of rotatable bonds is 6. The number of hydrogen-bond donors (Lipinski definition) is 2. The number of ether oxygens (including phenoxy) is 1. The third-order valence-electron chi connectivity index (χ3n) is 4.00. The number of hydrogen-bond acceptors (Lipinski definition) is 4. The van der Waals surface area contributed by atoms with E-state index < -0.39 is 17.6 Å². The second-order valence-electron chi connectivity index (χ2n) is 6.08. The molecule has 3 aromatic rings. The molecule has 3 rings (SSSR count). The Bertz CT molecular complexity index is 1110. The molecule has 0 fully saturated rings. The van der Waals surface area contributed by atoms with Crippen LogP contribution in [0.2, 0.25) is 5.02 Å². The first kappa shape index (κ1) is 20.8. The molecule has 0 aromatic heterocycles. The van der Waals surface area contributed by atoms with Crippen LogP contribution in [0.1, 0.15) is 20.7 Å². The minimum Gasteiger partial charge on any atom is -0.479 e. The molecule has 0 atom stereocenters. The van der Waals surface area contributed by atoms with Crippen LogP contribution >= 0.6 is 11.6 Å². The normalized spacial score (nSPS) is 10.0. The van der Waals surface area contributed by atoms with Gasteiger partial charge < -0.3 is 15.4 Å². The van der Waals surface area contributed by atoms with E-state index in [0.29, 0.717) is 16.5 Å². The quantitative estimate of drug-likeness (QED) is 0.590. The Hall–Kier alpha value is -3.89. The number of anilines is 2. The maximum atomic E-state index is 13.1. The van der Waals surface area contributed by atoms with E-state index >= 15 is 0 Å². The number of nitrogens with one attached hydrogen (secondary N) is 2. The molecule has 0 spiro atoms. The van der Waals surface area contributed by atoms with Crippen LogP contribution in [-0.2, 0) is 0 Å². The number of benzene rings is 3. The van der Waals surface area contributed by atoms with Gasteiger partial charge in [-0.1, -0.05) is 11.6 Å². The zero-order chi connectivity index (χ0) is 21.5. The average Bonchev–Trinajstić information content (AvgIpc) is 2.73. The predicted molar refractivity (Wildman–Crippen MR) is 111 cm³/mol. The number of carbonyl (C=O) groups is 2. The Balaban J connectivity index is 1.77. The Morgan fingerprint density at radius 2 is 1.67 bits per heavy atom. The summed E-state index contributed by atoms with van der Waals surface area (Å²) in [6, 6.07) is 17.8. The van der Waals surface area contributed by atoms with Gasteiger partial charge >= 0.3 is 0 Å². The number of carbonyl (C=O) groups excluding carboxylic acids is 2. The summed E-state index contributed by atoms with van der Waals surface area (Å²) in [7, 11) is 0. The minimum absolute atomic E-state index is 0.0758. The van der Waals surface area contributed by atoms with E-state index in [9.17, 15) is 14.0 Å². The average molecular weight is 424 g/mol. The van der Waals surface area contributed by atoms with Gasteiger partial charge in [-0.3, -0.25) is 9.59 Å². The van der Waals surface area contributed by atoms with E-state index in [1.807, 2.05) is 6.07 Å². The summed E-state index contributed by atoms with van der Waals surface area (Å²) in [6.45, 7) is -0.0758. The smallest absolute Gasteiger partial charge is 0.257 e. The molecule has 3 aromatic carbocycles. The van der Waals surface area contributed by atoms with Gasteiger partial charge in [0.05, 0.1) is 11.3 Å². The van der Waals surface area contributed by atoms with Crippen molar-refractivity contribution in [3.63, 3.8) is 0 Å². The lowest BCUT2D eigenvalue weighted by Crippen LogP contribution is -2.18. The van der Waals surface area contributed by atoms with Crippen molar-refractivity contribution in [1.82, 2.24) is 0 Å². The maximum Gasteiger partial charge on any atom is 0.257 e. The van der Waals surface area contributed by atoms with Gasteiger partial charge in [0.25, 0.3) is 11.8 Å². The summed E-state index contributed by atoms with van der Waals surface area (Å²) in [5.41, 5.74) is 1.13. The van der Waals surface area contributed by atoms with Gasteiger partial charge in [0, 0.05) is 16.3 Å². The molecule has 6 nitrogen and oxygen atoms in total. The first-order valence-corrected chi connectivity index (χ1v) is 9.11. The van der Waals surface area contributed by atoms with Gasteiger partial charge in [-0.05, 0) is 66.7 Å². The van der Waals surface area contributed by atoms with E-state index in [1.165, 1.54) is 42.5 Å². The minimum atomic E-state index is -0.509. The molecule has 0 saturated heterocycles. The third-order valence-corrected chi connectivity index (χ3v) is 4.23. The van der Waals surface area contributed by atoms with Crippen molar-refractivity contribution in [2.75, 3.05) is 17.2 Å². The van der Waals surface area contributed by atoms with Gasteiger partial charge in [0.2, 0.25) is 0 Å². The second-order valence-corrected chi connectivity index (χ2v) is 6.51. The van der Waals surface area contributed by atoms with E-state index in [2.05, 4.69) is 10.6 Å². The van der Waals surface area contributed by atoms with Crippen LogP contribution in [0.3, 0.4) is 0 Å². The molecule has 0 aliphatic carbocycles. The van der Waals surface area contributed by atoms with Gasteiger partial charge in [0.1, 0.15) is 17.6 Å². The maximum absolute atomic E-state index is 13.1. The van der Waals surface area contributed by atoms with Gasteiger partial charge in [-0.25, -0.2) is 4.39 Å². The molecule has 0 aliphatic rings. The fourth-order valence-electron chi connectivity index (χ4n) is 2.56. The lowest BCUT2D eigenvalue weighted by Gasteiger charge is -2.12. The highest BCUT2D eigenvalue weighted by molar-refractivity contribution is 6.31. The lowest BCUT2D eigenvalue weighted by atomic mass is 10.1. The van der Waals surface area contributed by atoms with Crippen LogP contribution in [0, 0.1) is 17.1 Å². The Kier molecular flexibility index (Phi) is 6.63. The van der Waals surface area contributed by atoms with E-state index in [0.717, 1.165) is 0 Å². The predicted octanol–water partition coefficient (Wildman–Crippen LogP) is 4.89. The molecule has 2 amide bonds. The molecule has 0 saturated carbocycles. The Labute approximate surface area is 176 Å². The summed E-state index contributed by atoms with van der Waals surface area (Å²) >= 11 is 6.02. The van der Waals surface area contributed by atoms with Gasteiger partial charge in [0.15, 0.2) is 6.61 Å². The number of amides is 2. The molecule has 30 heavy (non-hydrogen) atoms. The molecule has 2 N–H and O–H groups in total. The van der Waals surface area contributed by atoms with Crippen molar-refractivity contribution in [3.05, 3.63) is 88.7 Å². The highest BCUT2D eigenvalue weighted by atomic mass is 35.5. The van der Waals surface area contributed by atoms with Crippen molar-refractivity contribution < 1.29 is 18.7 Å². The number of halogens is 2. The third kappa shape index (κ3) is 5.34. The Morgan fingerprint density at radius 1 is 0.967 bits per heavy atom. The molecule has 0 radical (unpaired) electrons. The van der Waals surface area contributed by atoms with Crippen LogP contribution in [0.4, 0.5) is 15.8 Å². The first-order chi connectivity index (χ1) is 14.5. The second kappa shape index (κ2) is 9.54. The molecule has 0 heterocycles. The van der Waals surface area contributed by atoms with Crippen molar-refractivity contribution in [2.45, 2.75) is 0 Å². The van der Waals surface area contributed by atoms with Crippen LogP contribution in [0.25, 0.3) is 0 Å². The van der Waals surface area contributed by atoms with E-state index in [1.54, 1.807) is 24.3 Å². The largest absolute Gasteiger partial charge is 0.479 e. The fraction of sp³-hybridized carbons (Fsp3) is 0.0455. The summed E-state index contributed by atoms with van der Waals surface area (Å²) < 4.78 is 18.2. The van der Waals surface area contributed by atoms with Crippen molar-refractivity contribution in [3.8, 4) is 11.8 Å². The van der Waals surface area contributed by atoms with Crippen molar-refractivity contribution in [2.24, 2.45) is 0 Å². The van der Waals surface area contributed by atoms with Crippen LogP contribution in [0.15, 0.2) is 66.7 Å². The highest BCUT2D eigenvalue weighted by Gasteiger charge is 2.16. The van der Waals surface area contributed by atoms with Gasteiger partial charge in [-0.15, -0.1) is 0 Å². The SMILES string of the molecule is N#CCOc1ccc(NC(=O)c2ccc(Cl)cc2NC(=O)c2ccc(F)cc2)cc1. The molecular formula is C22H15ClFN3O3. The summed E-state index contributed by atoms with van der Waals surface area (Å²) in [5, 5.41) is 14.2. The fourth-order valence-corrected chi connectivity index (χ4v) is 2.73. The molecule has 8 heteroatoms. The van der Waals surface area contributed by atoms with Crippen LogP contribution in [-0.4, -0.2) is 18.4 Å². The molecule has 0 aliphatic heterocycles. The molecule has 0 bridgehead atoms. The molecular weight excluding hydrogens is 409 g/mol. The summed E-state index contributed by atoms with van der Waals surface area (Å²) in [4.78, 5) is 25.2. The highest BCUT2D eigenvalue weighted by Crippen LogP contribution is 2.24. The number of nitriles is 1. The lowest BCUT2D eigenvalue weighted by molar-refractivity contribution is 0.102. The van der Waals surface area contributed by atoms with Crippen molar-refractivity contribution in [1.29, 1.82) is 5.26 Å². The summed E-state index contributed by atoms with van der Waals surface area (Å²) in [6.07, 6.45) is 0. The first-order valence-electron chi connectivity index (χ1n) is 8.74. The topological polar surface area (TPSA) is 91.2 Å². The zero-order valence-electron chi connectivity index (χ0n) is 15.5. The summed E-state index contributed by atoms with van der Waals surface area (Å²) in [5.74, 6) is -0.941. The van der Waals surface area contributed by atoms with E-state index in [4.69, 9.17) is 21.6 Å². The standard InChI is InChI=1S/C22H15ClFN3O3/c23-15-3-10-19(20(13-15)27-21(28)14-1-4-16(24)5-2-14)22(29)26-17-6-8-18(9-7-17)30-12-11-25/h1-10,13H,12H2,(H,26,29)(H,27,28). The Morgan fingerprint density at radius 3 is 2.33 bits per heavy atom.